The zero-order chi connectivity index (χ0) is 86.7. The van der Waals surface area contributed by atoms with Crippen LogP contribution in [-0.4, -0.2) is 195 Å². The third-order valence-electron chi connectivity index (χ3n) is 16.2. The van der Waals surface area contributed by atoms with Gasteiger partial charge in [0, 0.05) is 130 Å². The van der Waals surface area contributed by atoms with Crippen molar-refractivity contribution in [3.05, 3.63) is 234 Å². The van der Waals surface area contributed by atoms with Crippen LogP contribution in [0.5, 0.6) is 0 Å². The summed E-state index contributed by atoms with van der Waals surface area (Å²) in [6.07, 6.45) is 6.15. The number of nitrogens with zero attached hydrogens (tertiary/aromatic N) is 6. The summed E-state index contributed by atoms with van der Waals surface area (Å²) in [4.78, 5) is 127. The van der Waals surface area contributed by atoms with E-state index in [1.807, 2.05) is 95.9 Å². The number of aromatic amines is 4. The van der Waals surface area contributed by atoms with Gasteiger partial charge >= 0.3 is 23.9 Å². The molecule has 15 rings (SSSR count). The minimum absolute atomic E-state index is 0. The normalized spacial score (nSPS) is 12.1. The van der Waals surface area contributed by atoms with E-state index in [1.54, 1.807) is 74.9 Å². The Kier molecular flexibility index (Phi) is 43.8. The first-order valence-electron chi connectivity index (χ1n) is 35.3. The van der Waals surface area contributed by atoms with Crippen LogP contribution in [-0.2, 0) is 80.1 Å². The summed E-state index contributed by atoms with van der Waals surface area (Å²) < 4.78 is 22.7. The lowest BCUT2D eigenvalue weighted by molar-refractivity contribution is -0.385. The van der Waals surface area contributed by atoms with Gasteiger partial charge in [0.25, 0.3) is 23.0 Å². The highest BCUT2D eigenvalue weighted by atomic mass is 79.9. The van der Waals surface area contributed by atoms with Gasteiger partial charge < -0.3 is 54.3 Å². The number of para-hydroxylation sites is 3. The average Bonchev–Trinajstić information content (AvgIpc) is 1.65. The molecule has 2 amide bonds. The van der Waals surface area contributed by atoms with Gasteiger partial charge in [-0.25, -0.2) is 14.4 Å². The summed E-state index contributed by atoms with van der Waals surface area (Å²) in [6.45, 7) is 7.10. The molecule has 6 aromatic heterocycles. The number of H-pyrrole nitrogens is 4. The number of benzene rings is 7. The number of ether oxygens (including phenoxy) is 4. The number of aliphatic carboxylic acids is 2. The van der Waals surface area contributed by atoms with Crippen molar-refractivity contribution >= 4 is 236 Å². The van der Waals surface area contributed by atoms with Crippen molar-refractivity contribution in [2.45, 2.75) is 73.3 Å². The number of carbonyl (C=O) groups is 10. The molecular formula is C82H86Br3Cl5N12O18. The number of halogens is 8. The molecule has 38 heteroatoms. The van der Waals surface area contributed by atoms with Crippen molar-refractivity contribution in [1.29, 1.82) is 0 Å². The number of rotatable bonds is 20. The quantitative estimate of drug-likeness (QED) is 0.00513. The summed E-state index contributed by atoms with van der Waals surface area (Å²) >= 11 is 38.3. The topological polar surface area (TPSA) is 434 Å². The number of alkyl halides is 4. The molecule has 638 valence electrons. The molecular weight excluding hydrogens is 1860 g/mol. The van der Waals surface area contributed by atoms with Gasteiger partial charge in [-0.1, -0.05) is 177 Å². The third kappa shape index (κ3) is 30.2. The number of nitro benzene ring substituents is 1. The van der Waals surface area contributed by atoms with E-state index in [4.69, 9.17) is 77.7 Å². The molecule has 8 heterocycles. The second kappa shape index (κ2) is 51.7. The zero-order valence-electron chi connectivity index (χ0n) is 63.7. The third-order valence-corrected chi connectivity index (χ3v) is 19.7. The van der Waals surface area contributed by atoms with Crippen molar-refractivity contribution in [1.82, 2.24) is 55.3 Å². The van der Waals surface area contributed by atoms with E-state index in [1.165, 1.54) is 44.8 Å². The molecule has 2 unspecified atom stereocenters. The lowest BCUT2D eigenvalue weighted by Gasteiger charge is -2.00. The maximum atomic E-state index is 11.9. The molecule has 13 aromatic rings. The second-order valence-corrected chi connectivity index (χ2v) is 28.5. The molecule has 2 fully saturated rings. The molecule has 2 aliphatic rings. The zero-order valence-corrected chi connectivity index (χ0v) is 72.3. The highest BCUT2D eigenvalue weighted by molar-refractivity contribution is 9.12. The number of carboxylic acids is 2. The van der Waals surface area contributed by atoms with Crippen LogP contribution in [0.2, 0.25) is 20.1 Å². The number of carbonyl (C=O) groups excluding carboxylic acids is 8. The minimum Gasteiger partial charge on any atom is -0.481 e. The number of methoxy groups -OCH3 is 2. The molecule has 2 saturated heterocycles. The summed E-state index contributed by atoms with van der Waals surface area (Å²) in [5, 5.41) is 60.5. The summed E-state index contributed by atoms with van der Waals surface area (Å²) in [5.41, 5.74) is 7.86. The van der Waals surface area contributed by atoms with Gasteiger partial charge in [-0.15, -0.1) is 11.6 Å². The van der Waals surface area contributed by atoms with Gasteiger partial charge in [0.05, 0.1) is 126 Å². The predicted molar refractivity (Wildman–Crippen MR) is 477 cm³/mol. The number of hydrogen-bond acceptors (Lipinski definition) is 19. The van der Waals surface area contributed by atoms with Gasteiger partial charge in [0.1, 0.15) is 6.10 Å². The Hall–Kier alpha value is -10.7. The first-order valence-corrected chi connectivity index (χ1v) is 40.7. The highest BCUT2D eigenvalue weighted by Crippen LogP contribution is 2.29. The lowest BCUT2D eigenvalue weighted by Crippen LogP contribution is -2.20. The number of ketones is 3. The Balaban J connectivity index is 0.000000288. The fraction of sp³-hybridized carbons (Fsp3) is 0.256. The monoisotopic (exact) mass is 1940 g/mol. The number of nitro groups is 1. The Morgan fingerprint density at radius 2 is 1.03 bits per heavy atom. The molecule has 0 radical (unpaired) electrons. The van der Waals surface area contributed by atoms with Crippen molar-refractivity contribution in [3.63, 3.8) is 0 Å². The lowest BCUT2D eigenvalue weighted by atomic mass is 10.1. The number of esters is 2. The predicted octanol–water partition coefficient (Wildman–Crippen LogP) is 16.8. The maximum Gasteiger partial charge on any atom is 0.379 e. The Morgan fingerprint density at radius 1 is 0.583 bits per heavy atom. The fourth-order valence-corrected chi connectivity index (χ4v) is 11.8. The Labute approximate surface area is 738 Å². The molecule has 0 saturated carbocycles. The largest absolute Gasteiger partial charge is 0.481 e. The highest BCUT2D eigenvalue weighted by Gasteiger charge is 2.27. The van der Waals surface area contributed by atoms with Crippen LogP contribution in [0.4, 0.5) is 5.69 Å². The molecule has 2 atom stereocenters. The van der Waals surface area contributed by atoms with Crippen LogP contribution in [0.15, 0.2) is 164 Å². The van der Waals surface area contributed by atoms with E-state index >= 15 is 0 Å². The SMILES string of the molecule is BrCCBr.C.C.CC.CNC(=O)Cc1[nH]nc2ccc(Cl)cc12.CNC(=O)Cc1nn(CC2CO2)c2ccc(Cl)cc12.COC(=O)C(=O)c1c[nH]c2ccccc12.COC(=O)C(=O)c1cn(CCBr)c2ccccc12.ClCC1CO1.O=C(O)C(=O)c1c[nH]c2ccccc12.O=C(O)Cc1[nH]nc2ccc(Cl)cc12.O=Cc1cc(Cl)ccc1[N+](=O)[O-]. The van der Waals surface area contributed by atoms with Crippen molar-refractivity contribution < 1.29 is 82.0 Å². The van der Waals surface area contributed by atoms with E-state index in [-0.39, 0.29) is 68.8 Å². The molecule has 120 heavy (non-hydrogen) atoms. The van der Waals surface area contributed by atoms with E-state index in [0.717, 1.165) is 107 Å². The van der Waals surface area contributed by atoms with Gasteiger partial charge in [-0.2, -0.15) is 15.3 Å². The molecule has 0 aliphatic carbocycles. The maximum absolute atomic E-state index is 11.9. The summed E-state index contributed by atoms with van der Waals surface area (Å²) in [5.74, 6) is -5.59. The van der Waals surface area contributed by atoms with Gasteiger partial charge in [-0.3, -0.25) is 58.6 Å². The van der Waals surface area contributed by atoms with Crippen molar-refractivity contribution in [2.75, 3.05) is 63.4 Å². The number of hydrogen-bond donors (Lipinski definition) is 8. The standard InChI is InChI=1S/C13H12BrNO3.C13H14ClN3O2.C11H9NO3.C10H10ClN3O.C10H7NO3.C9H7ClN2O2.C7H4ClNO3.C3H5ClO.C2H4Br2.C2H6.2CH4/c1-18-13(17)12(16)10-8-15(7-6-14)11-5-3-2-4-9(10)11;1-15-13(18)5-11-10-4-8(14)2-3-12(10)17(16-11)6-9-7-19-9;1-15-11(14)10(13)8-6-12-9-5-3-2-4-7(8)9;1-12-10(15)5-9-7-4-6(11)2-3-8(7)13-14-9;12-9(10(13)14)7-5-11-8-4-2-1-3-6(7)8;10-5-1-2-7-6(3-5)8(12-11-7)4-9(13)14;8-6-1-2-7(9(11)12)5(3-6)4-10;4-1-3-2-5-3;3-1-2-4;1-2;;/h2-5,8H,6-7H2,1H3;2-4,9H,5-7H2,1H3,(H,15,18);2-6,12H,1H3;2-4H,5H2,1H3,(H,12,15)(H,13,14);1-5,11H,(H,13,14);1-3H,4H2,(H,11,12)(H,13,14);1-4H;3H,1-2H2;1-2H2;1-2H3;2*1H4. The van der Waals surface area contributed by atoms with Crippen LogP contribution < -0.4 is 10.6 Å². The van der Waals surface area contributed by atoms with E-state index in [2.05, 4.69) is 103 Å². The number of epoxide rings is 2. The van der Waals surface area contributed by atoms with Gasteiger partial charge in [0.2, 0.25) is 11.8 Å². The van der Waals surface area contributed by atoms with Gasteiger partial charge in [-0.05, 0) is 84.9 Å². The first-order chi connectivity index (χ1) is 56.6. The number of amides is 2. The average molecular weight is 1940 g/mol. The smallest absolute Gasteiger partial charge is 0.379 e. The number of aromatic nitrogens is 9. The number of aryl methyl sites for hydroxylation is 1. The van der Waals surface area contributed by atoms with Crippen molar-refractivity contribution in [2.24, 2.45) is 0 Å². The number of carboxylic acid groups (broad SMARTS) is 2. The van der Waals surface area contributed by atoms with E-state index in [9.17, 15) is 58.1 Å². The second-order valence-electron chi connectivity index (χ2n) is 24.0. The Morgan fingerprint density at radius 3 is 1.48 bits per heavy atom. The van der Waals surface area contributed by atoms with E-state index < -0.39 is 46.2 Å². The van der Waals surface area contributed by atoms with Crippen LogP contribution in [0, 0.1) is 10.1 Å². The van der Waals surface area contributed by atoms with Crippen LogP contribution >= 0.6 is 106 Å². The molecule has 0 spiro atoms. The minimum atomic E-state index is -1.44. The number of fused-ring (bicyclic) bond motifs is 6. The number of Topliss-reactive ketones (excluding diaryl/α,β-unsaturated/α-hetero) is 3. The van der Waals surface area contributed by atoms with Crippen LogP contribution in [0.25, 0.3) is 65.4 Å². The van der Waals surface area contributed by atoms with Crippen LogP contribution in [0.3, 0.4) is 0 Å². The summed E-state index contributed by atoms with van der Waals surface area (Å²) in [6, 6.07) is 41.9. The molecule has 30 nitrogen and oxygen atoms in total. The molecule has 8 N–H and O–H groups in total. The van der Waals surface area contributed by atoms with Crippen LogP contribution in [0.1, 0.15) is 87.2 Å². The fourth-order valence-electron chi connectivity index (χ4n) is 10.5. The molecule has 0 bridgehead atoms. The molecule has 2 aliphatic heterocycles. The number of likely N-dealkylation sites (N-methyl/N-ethyl adjacent to an activating group) is 2. The molecule has 7 aromatic carbocycles. The first kappa shape index (κ1) is 102. The van der Waals surface area contributed by atoms with Gasteiger partial charge in [0.15, 0.2) is 6.29 Å². The Bertz CT molecular complexity index is 5660. The van der Waals surface area contributed by atoms with E-state index in [0.29, 0.717) is 67.1 Å². The van der Waals surface area contributed by atoms with Crippen molar-refractivity contribution in [3.8, 4) is 0 Å². The number of nitrogens with one attached hydrogen (secondary N) is 6. The number of aldehydes is 1. The summed E-state index contributed by atoms with van der Waals surface area (Å²) in [7, 11) is 5.62.